The second kappa shape index (κ2) is 11.6. The van der Waals surface area contributed by atoms with Crippen molar-refractivity contribution in [3.63, 3.8) is 0 Å². The molecule has 8 heteroatoms. The SMILES string of the molecule is CCCCS(=O)(=O)NC1CCCN(C(=O)OC(C)C)C1Cc1cccc(-c2ccccc2)n1. The maximum Gasteiger partial charge on any atom is 0.410 e. The van der Waals surface area contributed by atoms with Gasteiger partial charge in [0, 0.05) is 30.3 Å². The van der Waals surface area contributed by atoms with Crippen LogP contribution in [0.15, 0.2) is 48.5 Å². The highest BCUT2D eigenvalue weighted by molar-refractivity contribution is 7.89. The molecule has 0 radical (unpaired) electrons. The van der Waals surface area contributed by atoms with E-state index in [1.807, 2.05) is 69.3 Å². The molecule has 0 spiro atoms. The number of hydrogen-bond acceptors (Lipinski definition) is 5. The van der Waals surface area contributed by atoms with Crippen LogP contribution in [0.4, 0.5) is 4.79 Å². The van der Waals surface area contributed by atoms with E-state index in [1.165, 1.54) is 0 Å². The second-order valence-electron chi connectivity index (χ2n) is 8.82. The molecule has 1 aliphatic rings. The third kappa shape index (κ3) is 7.27. The van der Waals surface area contributed by atoms with Gasteiger partial charge >= 0.3 is 6.09 Å². The lowest BCUT2D eigenvalue weighted by atomic mass is 9.93. The lowest BCUT2D eigenvalue weighted by molar-refractivity contribution is 0.0459. The number of pyridine rings is 1. The summed E-state index contributed by atoms with van der Waals surface area (Å²) in [5.41, 5.74) is 2.67. The molecule has 180 valence electrons. The number of nitrogens with zero attached hydrogens (tertiary/aromatic N) is 2. The molecule has 2 aromatic rings. The van der Waals surface area contributed by atoms with Gasteiger partial charge in [-0.2, -0.15) is 0 Å². The number of carbonyl (C=O) groups is 1. The normalized spacial score (nSPS) is 19.0. The van der Waals surface area contributed by atoms with Gasteiger partial charge in [-0.1, -0.05) is 49.7 Å². The molecule has 1 fully saturated rings. The van der Waals surface area contributed by atoms with E-state index >= 15 is 0 Å². The second-order valence-corrected chi connectivity index (χ2v) is 10.7. The van der Waals surface area contributed by atoms with Crippen molar-refractivity contribution >= 4 is 16.1 Å². The number of likely N-dealkylation sites (tertiary alicyclic amines) is 1. The average Bonchev–Trinajstić information content (AvgIpc) is 2.79. The van der Waals surface area contributed by atoms with Crippen molar-refractivity contribution in [1.82, 2.24) is 14.6 Å². The number of ether oxygens (including phenoxy) is 1. The van der Waals surface area contributed by atoms with Crippen LogP contribution in [0.5, 0.6) is 0 Å². The number of rotatable bonds is 9. The largest absolute Gasteiger partial charge is 0.447 e. The predicted octanol–water partition coefficient (Wildman–Crippen LogP) is 4.39. The Hall–Kier alpha value is -2.45. The van der Waals surface area contributed by atoms with Gasteiger partial charge < -0.3 is 9.64 Å². The van der Waals surface area contributed by atoms with Crippen LogP contribution in [0.2, 0.25) is 0 Å². The minimum Gasteiger partial charge on any atom is -0.447 e. The van der Waals surface area contributed by atoms with Crippen molar-refractivity contribution in [1.29, 1.82) is 0 Å². The van der Waals surface area contributed by atoms with E-state index < -0.39 is 16.1 Å². The van der Waals surface area contributed by atoms with Gasteiger partial charge in [0.25, 0.3) is 0 Å². The number of benzene rings is 1. The smallest absolute Gasteiger partial charge is 0.410 e. The van der Waals surface area contributed by atoms with Crippen molar-refractivity contribution < 1.29 is 17.9 Å². The topological polar surface area (TPSA) is 88.6 Å². The number of amides is 1. The van der Waals surface area contributed by atoms with Crippen molar-refractivity contribution in [2.45, 2.75) is 71.1 Å². The first-order valence-corrected chi connectivity index (χ1v) is 13.4. The van der Waals surface area contributed by atoms with Crippen LogP contribution < -0.4 is 4.72 Å². The number of hydrogen-bond donors (Lipinski definition) is 1. The third-order valence-electron chi connectivity index (χ3n) is 5.74. The Kier molecular flexibility index (Phi) is 8.86. The molecule has 2 heterocycles. The third-order valence-corrected chi connectivity index (χ3v) is 7.23. The van der Waals surface area contributed by atoms with Crippen LogP contribution in [-0.4, -0.2) is 54.9 Å². The highest BCUT2D eigenvalue weighted by atomic mass is 32.2. The number of piperidine rings is 1. The van der Waals surface area contributed by atoms with Gasteiger partial charge in [0.1, 0.15) is 0 Å². The molecule has 1 aromatic carbocycles. The summed E-state index contributed by atoms with van der Waals surface area (Å²) in [6.45, 7) is 6.12. The van der Waals surface area contributed by atoms with E-state index in [9.17, 15) is 13.2 Å². The van der Waals surface area contributed by atoms with Crippen molar-refractivity contribution in [3.05, 3.63) is 54.2 Å². The maximum atomic E-state index is 12.9. The lowest BCUT2D eigenvalue weighted by Crippen LogP contribution is -2.58. The maximum absolute atomic E-state index is 12.9. The summed E-state index contributed by atoms with van der Waals surface area (Å²) in [7, 11) is -3.44. The van der Waals surface area contributed by atoms with E-state index in [2.05, 4.69) is 4.72 Å². The molecule has 0 bridgehead atoms. The van der Waals surface area contributed by atoms with Gasteiger partial charge in [-0.05, 0) is 45.2 Å². The van der Waals surface area contributed by atoms with Gasteiger partial charge in [-0.15, -0.1) is 0 Å². The monoisotopic (exact) mass is 473 g/mol. The number of nitrogens with one attached hydrogen (secondary N) is 1. The number of aromatic nitrogens is 1. The molecular weight excluding hydrogens is 438 g/mol. The van der Waals surface area contributed by atoms with E-state index in [0.29, 0.717) is 32.2 Å². The first-order chi connectivity index (χ1) is 15.8. The van der Waals surface area contributed by atoms with E-state index in [0.717, 1.165) is 23.4 Å². The summed E-state index contributed by atoms with van der Waals surface area (Å²) >= 11 is 0. The minimum atomic E-state index is -3.44. The Bertz CT molecular complexity index is 1010. The fraction of sp³-hybridized carbons (Fsp3) is 0.520. The summed E-state index contributed by atoms with van der Waals surface area (Å²) < 4.78 is 33.7. The molecule has 2 unspecified atom stereocenters. The molecule has 33 heavy (non-hydrogen) atoms. The lowest BCUT2D eigenvalue weighted by Gasteiger charge is -2.41. The van der Waals surface area contributed by atoms with Crippen LogP contribution in [-0.2, 0) is 21.2 Å². The Morgan fingerprint density at radius 3 is 2.64 bits per heavy atom. The molecule has 3 rings (SSSR count). The number of sulfonamides is 1. The van der Waals surface area contributed by atoms with Gasteiger partial charge in [0.05, 0.1) is 23.6 Å². The van der Waals surface area contributed by atoms with Gasteiger partial charge in [0.15, 0.2) is 0 Å². The highest BCUT2D eigenvalue weighted by Gasteiger charge is 2.37. The zero-order valence-electron chi connectivity index (χ0n) is 19.7. The Morgan fingerprint density at radius 1 is 1.18 bits per heavy atom. The zero-order chi connectivity index (χ0) is 23.8. The summed E-state index contributed by atoms with van der Waals surface area (Å²) in [5, 5.41) is 0. The fourth-order valence-corrected chi connectivity index (χ4v) is 5.67. The van der Waals surface area contributed by atoms with Crippen LogP contribution in [0.1, 0.15) is 52.1 Å². The van der Waals surface area contributed by atoms with E-state index in [4.69, 9.17) is 9.72 Å². The molecule has 2 atom stereocenters. The standard InChI is InChI=1S/C25H35N3O4S/c1-4-5-17-33(30,31)27-23-15-10-16-28(25(29)32-19(2)3)24(23)18-21-13-9-14-22(26-21)20-11-7-6-8-12-20/h6-9,11-14,19,23-24,27H,4-5,10,15-18H2,1-3H3. The van der Waals surface area contributed by atoms with Gasteiger partial charge in [0.2, 0.25) is 10.0 Å². The summed E-state index contributed by atoms with van der Waals surface area (Å²) in [6, 6.07) is 15.0. The Morgan fingerprint density at radius 2 is 1.94 bits per heavy atom. The molecule has 1 N–H and O–H groups in total. The molecule has 1 saturated heterocycles. The number of carbonyl (C=O) groups excluding carboxylic acids is 1. The van der Waals surface area contributed by atoms with Crippen LogP contribution in [0.3, 0.4) is 0 Å². The average molecular weight is 474 g/mol. The van der Waals surface area contributed by atoms with Gasteiger partial charge in [-0.25, -0.2) is 17.9 Å². The molecule has 7 nitrogen and oxygen atoms in total. The molecule has 0 saturated carbocycles. The van der Waals surface area contributed by atoms with E-state index in [1.54, 1.807) is 4.90 Å². The summed E-state index contributed by atoms with van der Waals surface area (Å²) in [6.07, 6.45) is 2.56. The minimum absolute atomic E-state index is 0.0882. The van der Waals surface area contributed by atoms with Crippen LogP contribution in [0.25, 0.3) is 11.3 Å². The summed E-state index contributed by atoms with van der Waals surface area (Å²) in [5.74, 6) is 0.0882. The summed E-state index contributed by atoms with van der Waals surface area (Å²) in [4.78, 5) is 19.4. The van der Waals surface area contributed by atoms with E-state index in [-0.39, 0.29) is 23.9 Å². The van der Waals surface area contributed by atoms with Crippen molar-refractivity contribution in [3.8, 4) is 11.3 Å². The molecular formula is C25H35N3O4S. The van der Waals surface area contributed by atoms with Crippen LogP contribution >= 0.6 is 0 Å². The predicted molar refractivity (Wildman–Crippen MR) is 130 cm³/mol. The van der Waals surface area contributed by atoms with Crippen LogP contribution in [0, 0.1) is 0 Å². The molecule has 1 aromatic heterocycles. The molecule has 0 aliphatic carbocycles. The highest BCUT2D eigenvalue weighted by Crippen LogP contribution is 2.24. The quantitative estimate of drug-likeness (QED) is 0.584. The van der Waals surface area contributed by atoms with Gasteiger partial charge in [-0.3, -0.25) is 4.98 Å². The Labute approximate surface area is 197 Å². The molecule has 1 aliphatic heterocycles. The first kappa shape index (κ1) is 25.2. The van der Waals surface area contributed by atoms with Crippen molar-refractivity contribution in [2.75, 3.05) is 12.3 Å². The first-order valence-electron chi connectivity index (χ1n) is 11.8. The van der Waals surface area contributed by atoms with Crippen molar-refractivity contribution in [2.24, 2.45) is 0 Å². The molecule has 1 amide bonds. The zero-order valence-corrected chi connectivity index (χ0v) is 20.6. The number of unbranched alkanes of at least 4 members (excludes halogenated alkanes) is 1. The fourth-order valence-electron chi connectivity index (χ4n) is 4.14. The Balaban J connectivity index is 1.88.